The van der Waals surface area contributed by atoms with Gasteiger partial charge in [0.2, 0.25) is 0 Å². The lowest BCUT2D eigenvalue weighted by Crippen LogP contribution is -2.35. The minimum Gasteiger partial charge on any atom is -0.507 e. The Hall–Kier alpha value is -3.12. The molecule has 1 unspecified atom stereocenters. The number of nitrogens with zero attached hydrogens (tertiary/aromatic N) is 2. The Balaban J connectivity index is 2.15. The number of aliphatic hydroxyl groups is 1. The highest BCUT2D eigenvalue weighted by atomic mass is 16.5. The van der Waals surface area contributed by atoms with Gasteiger partial charge in [0.25, 0.3) is 11.7 Å². The maximum atomic E-state index is 12.9. The molecule has 0 bridgehead atoms. The number of rotatable bonds is 6. The molecule has 1 saturated heterocycles. The molecule has 152 valence electrons. The van der Waals surface area contributed by atoms with E-state index in [9.17, 15) is 14.7 Å². The first kappa shape index (κ1) is 20.6. The number of carbonyl (C=O) groups excluding carboxylic acids is 2. The molecule has 1 aliphatic rings. The number of hydrogen-bond acceptors (Lipinski definition) is 5. The number of benzene rings is 2. The summed E-state index contributed by atoms with van der Waals surface area (Å²) in [6.45, 7) is 2.91. The Morgan fingerprint density at radius 3 is 2.45 bits per heavy atom. The van der Waals surface area contributed by atoms with E-state index in [1.807, 2.05) is 50.2 Å². The number of amides is 1. The summed E-state index contributed by atoms with van der Waals surface area (Å²) in [5, 5.41) is 11.0. The van der Waals surface area contributed by atoms with Crippen LogP contribution in [0.2, 0.25) is 0 Å². The normalized spacial score (nSPS) is 18.5. The molecule has 1 fully saturated rings. The molecule has 0 aliphatic carbocycles. The standard InChI is InChI=1S/C23H26N2O4/c1-15-8-10-16(11-9-15)21(26)19-20(17-6-5-7-18(14-17)29-4)25(13-12-24(2)3)23(28)22(19)27/h5-11,14,20,26H,12-13H2,1-4H3/b21-19-. The number of aryl methyl sites for hydroxylation is 1. The van der Waals surface area contributed by atoms with Crippen molar-refractivity contribution in [3.63, 3.8) is 0 Å². The van der Waals surface area contributed by atoms with Crippen LogP contribution < -0.4 is 4.74 Å². The molecule has 1 N–H and O–H groups in total. The molecule has 0 saturated carbocycles. The number of ketones is 1. The maximum absolute atomic E-state index is 12.9. The van der Waals surface area contributed by atoms with Crippen LogP contribution in [0.3, 0.4) is 0 Å². The molecule has 1 heterocycles. The Bertz CT molecular complexity index is 948. The second-order valence-corrected chi connectivity index (χ2v) is 7.44. The van der Waals surface area contributed by atoms with Crippen LogP contribution in [0.4, 0.5) is 0 Å². The molecular weight excluding hydrogens is 368 g/mol. The Morgan fingerprint density at radius 2 is 1.83 bits per heavy atom. The molecular formula is C23H26N2O4. The predicted molar refractivity (Wildman–Crippen MR) is 112 cm³/mol. The van der Waals surface area contributed by atoms with Crippen LogP contribution in [0.1, 0.15) is 22.7 Å². The number of Topliss-reactive ketones (excluding diaryl/α,β-unsaturated/α-hetero) is 1. The van der Waals surface area contributed by atoms with E-state index in [2.05, 4.69) is 0 Å². The first-order chi connectivity index (χ1) is 13.8. The average Bonchev–Trinajstić information content (AvgIpc) is 2.97. The summed E-state index contributed by atoms with van der Waals surface area (Å²) in [4.78, 5) is 29.2. The van der Waals surface area contributed by atoms with Crippen LogP contribution in [0.25, 0.3) is 5.76 Å². The molecule has 1 amide bonds. The lowest BCUT2D eigenvalue weighted by molar-refractivity contribution is -0.140. The maximum Gasteiger partial charge on any atom is 0.295 e. The van der Waals surface area contributed by atoms with Gasteiger partial charge in [-0.05, 0) is 38.7 Å². The Morgan fingerprint density at radius 1 is 1.14 bits per heavy atom. The molecule has 29 heavy (non-hydrogen) atoms. The number of likely N-dealkylation sites (tertiary alicyclic amines) is 1. The van der Waals surface area contributed by atoms with Crippen LogP contribution in [0.5, 0.6) is 5.75 Å². The first-order valence-corrected chi connectivity index (χ1v) is 9.47. The number of aliphatic hydroxyl groups excluding tert-OH is 1. The zero-order valence-electron chi connectivity index (χ0n) is 17.2. The van der Waals surface area contributed by atoms with Crippen molar-refractivity contribution < 1.29 is 19.4 Å². The third kappa shape index (κ3) is 4.17. The second-order valence-electron chi connectivity index (χ2n) is 7.44. The third-order valence-corrected chi connectivity index (χ3v) is 5.06. The molecule has 2 aromatic carbocycles. The van der Waals surface area contributed by atoms with Crippen molar-refractivity contribution in [2.75, 3.05) is 34.3 Å². The minimum absolute atomic E-state index is 0.103. The van der Waals surface area contributed by atoms with Crippen molar-refractivity contribution in [3.05, 3.63) is 70.8 Å². The van der Waals surface area contributed by atoms with E-state index in [4.69, 9.17) is 4.74 Å². The Labute approximate surface area is 171 Å². The zero-order valence-corrected chi connectivity index (χ0v) is 17.2. The van der Waals surface area contributed by atoms with Gasteiger partial charge in [-0.2, -0.15) is 0 Å². The summed E-state index contributed by atoms with van der Waals surface area (Å²) >= 11 is 0. The van der Waals surface area contributed by atoms with E-state index in [1.165, 1.54) is 4.90 Å². The van der Waals surface area contributed by atoms with E-state index >= 15 is 0 Å². The predicted octanol–water partition coefficient (Wildman–Crippen LogP) is 2.99. The molecule has 6 heteroatoms. The highest BCUT2D eigenvalue weighted by Gasteiger charge is 2.45. The molecule has 6 nitrogen and oxygen atoms in total. The molecule has 1 atom stereocenters. The smallest absolute Gasteiger partial charge is 0.295 e. The lowest BCUT2D eigenvalue weighted by atomic mass is 9.95. The summed E-state index contributed by atoms with van der Waals surface area (Å²) in [7, 11) is 5.38. The summed E-state index contributed by atoms with van der Waals surface area (Å²) < 4.78 is 5.32. The monoisotopic (exact) mass is 394 g/mol. The van der Waals surface area contributed by atoms with Gasteiger partial charge in [-0.25, -0.2) is 0 Å². The second kappa shape index (κ2) is 8.49. The number of ether oxygens (including phenoxy) is 1. The Kier molecular flexibility index (Phi) is 6.03. The summed E-state index contributed by atoms with van der Waals surface area (Å²) in [5.74, 6) is -0.817. The van der Waals surface area contributed by atoms with Gasteiger partial charge >= 0.3 is 0 Å². The highest BCUT2D eigenvalue weighted by Crippen LogP contribution is 2.40. The minimum atomic E-state index is -0.675. The molecule has 0 aromatic heterocycles. The fraction of sp³-hybridized carbons (Fsp3) is 0.304. The van der Waals surface area contributed by atoms with E-state index in [-0.39, 0.29) is 11.3 Å². The van der Waals surface area contributed by atoms with Gasteiger partial charge in [-0.3, -0.25) is 9.59 Å². The van der Waals surface area contributed by atoms with Gasteiger partial charge in [-0.1, -0.05) is 42.0 Å². The highest BCUT2D eigenvalue weighted by molar-refractivity contribution is 6.46. The van der Waals surface area contributed by atoms with Crippen molar-refractivity contribution in [2.45, 2.75) is 13.0 Å². The van der Waals surface area contributed by atoms with Crippen molar-refractivity contribution in [1.82, 2.24) is 9.80 Å². The third-order valence-electron chi connectivity index (χ3n) is 5.06. The van der Waals surface area contributed by atoms with Gasteiger partial charge in [-0.15, -0.1) is 0 Å². The summed E-state index contributed by atoms with van der Waals surface area (Å²) in [6, 6.07) is 13.8. The first-order valence-electron chi connectivity index (χ1n) is 9.47. The van der Waals surface area contributed by atoms with Gasteiger partial charge in [0, 0.05) is 18.7 Å². The SMILES string of the molecule is COc1cccc(C2/C(=C(/O)c3ccc(C)cc3)C(=O)C(=O)N2CCN(C)C)c1. The van der Waals surface area contributed by atoms with E-state index in [0.29, 0.717) is 24.4 Å². The van der Waals surface area contributed by atoms with Crippen LogP contribution in [0.15, 0.2) is 54.1 Å². The van der Waals surface area contributed by atoms with Gasteiger partial charge in [0.15, 0.2) is 0 Å². The van der Waals surface area contributed by atoms with Crippen molar-refractivity contribution in [3.8, 4) is 5.75 Å². The summed E-state index contributed by atoms with van der Waals surface area (Å²) in [6.07, 6.45) is 0. The van der Waals surface area contributed by atoms with Crippen LogP contribution in [-0.4, -0.2) is 60.9 Å². The largest absolute Gasteiger partial charge is 0.507 e. The zero-order chi connectivity index (χ0) is 21.1. The number of carbonyl (C=O) groups is 2. The van der Waals surface area contributed by atoms with Crippen LogP contribution in [-0.2, 0) is 9.59 Å². The van der Waals surface area contributed by atoms with Crippen molar-refractivity contribution in [2.24, 2.45) is 0 Å². The van der Waals surface area contributed by atoms with Crippen molar-refractivity contribution in [1.29, 1.82) is 0 Å². The lowest BCUT2D eigenvalue weighted by Gasteiger charge is -2.26. The average molecular weight is 394 g/mol. The van der Waals surface area contributed by atoms with E-state index < -0.39 is 17.7 Å². The molecule has 2 aromatic rings. The van der Waals surface area contributed by atoms with Crippen LogP contribution in [0, 0.1) is 6.92 Å². The van der Waals surface area contributed by atoms with Gasteiger partial charge in [0.1, 0.15) is 11.5 Å². The molecule has 0 radical (unpaired) electrons. The summed E-state index contributed by atoms with van der Waals surface area (Å²) in [5.41, 5.74) is 2.37. The quantitative estimate of drug-likeness (QED) is 0.463. The van der Waals surface area contributed by atoms with Gasteiger partial charge < -0.3 is 19.6 Å². The van der Waals surface area contributed by atoms with Crippen LogP contribution >= 0.6 is 0 Å². The molecule has 1 aliphatic heterocycles. The number of methoxy groups -OCH3 is 1. The topological polar surface area (TPSA) is 70.1 Å². The van der Waals surface area contributed by atoms with Crippen molar-refractivity contribution >= 4 is 17.4 Å². The number of hydrogen-bond donors (Lipinski definition) is 1. The molecule has 3 rings (SSSR count). The fourth-order valence-corrected chi connectivity index (χ4v) is 3.44. The molecule has 0 spiro atoms. The van der Waals surface area contributed by atoms with Gasteiger partial charge in [0.05, 0.1) is 18.7 Å². The number of likely N-dealkylation sites (N-methyl/N-ethyl adjacent to an activating group) is 1. The van der Waals surface area contributed by atoms with E-state index in [1.54, 1.807) is 31.4 Å². The van der Waals surface area contributed by atoms with E-state index in [0.717, 1.165) is 11.1 Å². The fourth-order valence-electron chi connectivity index (χ4n) is 3.44.